The number of pyridine rings is 1. The van der Waals surface area contributed by atoms with E-state index >= 15 is 0 Å². The van der Waals surface area contributed by atoms with E-state index in [4.69, 9.17) is 9.40 Å². The molecule has 3 heterocycles. The van der Waals surface area contributed by atoms with Crippen molar-refractivity contribution in [3.63, 3.8) is 0 Å². The fraction of sp³-hybridized carbons (Fsp3) is 0. The van der Waals surface area contributed by atoms with Crippen LogP contribution in [0.5, 0.6) is 0 Å². The van der Waals surface area contributed by atoms with Crippen LogP contribution in [0.4, 0.5) is 28.6 Å². The minimum Gasteiger partial charge on any atom is -0.456 e. The zero-order valence-electron chi connectivity index (χ0n) is 31.1. The van der Waals surface area contributed by atoms with Crippen LogP contribution >= 0.6 is 0 Å². The van der Waals surface area contributed by atoms with Gasteiger partial charge in [-0.05, 0) is 81.6 Å². The van der Waals surface area contributed by atoms with Crippen molar-refractivity contribution in [1.82, 2.24) is 4.98 Å². The number of fused-ring (bicyclic) bond motifs is 6. The summed E-state index contributed by atoms with van der Waals surface area (Å²) in [7, 11) is -2.39. The monoisotopic (exact) mass is 763 g/mol. The predicted octanol–water partition coefficient (Wildman–Crippen LogP) is 8.70. The number of para-hydroxylation sites is 3. The molecule has 0 spiro atoms. The molecule has 6 heteroatoms. The third-order valence-corrected chi connectivity index (χ3v) is 16.5. The first-order chi connectivity index (χ1) is 28.2. The van der Waals surface area contributed by atoms with Gasteiger partial charge in [-0.2, -0.15) is 0 Å². The molecule has 1 aliphatic rings. The van der Waals surface area contributed by atoms with Gasteiger partial charge in [0, 0.05) is 44.5 Å². The molecular formula is C51H37N3OSi2. The van der Waals surface area contributed by atoms with E-state index < -0.39 is 18.3 Å². The molecule has 57 heavy (non-hydrogen) atoms. The molecule has 270 valence electrons. The summed E-state index contributed by atoms with van der Waals surface area (Å²) in [4.78, 5) is 7.99. The van der Waals surface area contributed by atoms with E-state index in [9.17, 15) is 0 Å². The molecule has 10 aromatic rings. The molecule has 1 N–H and O–H groups in total. The Morgan fingerprint density at radius 2 is 1.16 bits per heavy atom. The molecule has 0 unspecified atom stereocenters. The minimum atomic E-state index is -1.75. The van der Waals surface area contributed by atoms with Gasteiger partial charge in [0.1, 0.15) is 25.8 Å². The average molecular weight is 764 g/mol. The first-order valence-corrected chi connectivity index (χ1v) is 22.7. The number of anilines is 5. The summed E-state index contributed by atoms with van der Waals surface area (Å²) < 4.78 is 6.42. The summed E-state index contributed by atoms with van der Waals surface area (Å²) in [5.74, 6) is 0.935. The molecule has 2 aromatic heterocycles. The fourth-order valence-corrected chi connectivity index (χ4v) is 13.6. The number of benzene rings is 8. The van der Waals surface area contributed by atoms with Crippen molar-refractivity contribution in [3.05, 3.63) is 200 Å². The molecule has 0 aliphatic carbocycles. The van der Waals surface area contributed by atoms with Crippen molar-refractivity contribution >= 4 is 106 Å². The topological polar surface area (TPSA) is 41.3 Å². The Bertz CT molecular complexity index is 3060. The molecule has 11 rings (SSSR count). The number of nitrogens with zero attached hydrogens (tertiary/aromatic N) is 2. The lowest BCUT2D eigenvalue weighted by atomic mass is 10.0. The zero-order valence-corrected chi connectivity index (χ0v) is 33.7. The van der Waals surface area contributed by atoms with E-state index in [1.807, 2.05) is 0 Å². The van der Waals surface area contributed by atoms with Gasteiger partial charge in [0.05, 0.1) is 15.2 Å². The van der Waals surface area contributed by atoms with Crippen LogP contribution in [-0.2, 0) is 0 Å². The molecule has 0 amide bonds. The molecule has 1 aliphatic heterocycles. The van der Waals surface area contributed by atoms with Gasteiger partial charge in [0.25, 0.3) is 0 Å². The summed E-state index contributed by atoms with van der Waals surface area (Å²) in [6.45, 7) is 0. The highest BCUT2D eigenvalue weighted by atomic mass is 28.3. The van der Waals surface area contributed by atoms with E-state index in [2.05, 4.69) is 210 Å². The molecule has 0 saturated carbocycles. The van der Waals surface area contributed by atoms with Gasteiger partial charge in [0.15, 0.2) is 0 Å². The normalized spacial score (nSPS) is 12.7. The largest absolute Gasteiger partial charge is 0.456 e. The standard InChI is InChI=1S/C51H37N3OSi2/c1-3-16-37(17-4-1)56-48-24-12-9-21-42(48)52-36-28-30-47-41(33-36)40-31-35(27-29-46(40)55-47)43-32-34-15-7-8-20-39(34)51(53-43)54-44-22-10-13-25-49(44)57(38-18-5-2-6-19-38)50-26-14-11-23-45(50)54/h1-33,52,57H,56H2. The van der Waals surface area contributed by atoms with E-state index in [0.717, 1.165) is 61.2 Å². The molecule has 8 aromatic carbocycles. The number of furan rings is 1. The van der Waals surface area contributed by atoms with Crippen molar-refractivity contribution in [1.29, 1.82) is 0 Å². The lowest BCUT2D eigenvalue weighted by molar-refractivity contribution is 0.669. The van der Waals surface area contributed by atoms with Crippen LogP contribution in [0.15, 0.2) is 205 Å². The van der Waals surface area contributed by atoms with E-state index in [1.54, 1.807) is 0 Å². The van der Waals surface area contributed by atoms with Crippen LogP contribution in [0.1, 0.15) is 0 Å². The van der Waals surface area contributed by atoms with Crippen molar-refractivity contribution in [2.24, 2.45) is 0 Å². The van der Waals surface area contributed by atoms with Gasteiger partial charge >= 0.3 is 0 Å². The SMILES string of the molecule is c1ccc([SiH2]c2ccccc2Nc2ccc3oc4ccc(-c5cc6ccccc6c(N6c7ccccc7[SiH](c7ccccc7)c7ccccc76)n5)cc4c3c2)cc1. The summed E-state index contributed by atoms with van der Waals surface area (Å²) >= 11 is 0. The molecule has 0 fully saturated rings. The van der Waals surface area contributed by atoms with Crippen LogP contribution in [0.3, 0.4) is 0 Å². The maximum Gasteiger partial charge on any atom is 0.146 e. The van der Waals surface area contributed by atoms with Gasteiger partial charge in [-0.15, -0.1) is 0 Å². The minimum absolute atomic E-state index is 0.641. The van der Waals surface area contributed by atoms with Crippen LogP contribution in [0, 0.1) is 0 Å². The molecule has 0 radical (unpaired) electrons. The quantitative estimate of drug-likeness (QED) is 0.165. The second kappa shape index (κ2) is 13.9. The number of hydrogen-bond donors (Lipinski definition) is 1. The van der Waals surface area contributed by atoms with Gasteiger partial charge in [-0.25, -0.2) is 4.98 Å². The number of rotatable bonds is 7. The Balaban J connectivity index is 1.02. The molecule has 0 bridgehead atoms. The van der Waals surface area contributed by atoms with E-state index in [0.29, 0.717) is 0 Å². The van der Waals surface area contributed by atoms with Crippen LogP contribution in [-0.4, -0.2) is 23.3 Å². The van der Waals surface area contributed by atoms with Crippen LogP contribution < -0.4 is 36.2 Å². The lowest BCUT2D eigenvalue weighted by Gasteiger charge is -2.37. The maximum absolute atomic E-state index is 6.42. The fourth-order valence-electron chi connectivity index (χ4n) is 8.68. The number of nitrogens with one attached hydrogen (secondary N) is 1. The maximum atomic E-state index is 6.42. The molecule has 0 saturated heterocycles. The highest BCUT2D eigenvalue weighted by Crippen LogP contribution is 2.41. The first-order valence-electron chi connectivity index (χ1n) is 19.5. The molecule has 0 atom stereocenters. The molecule has 4 nitrogen and oxygen atoms in total. The summed E-state index contributed by atoms with van der Waals surface area (Å²) in [5, 5.41) is 15.2. The van der Waals surface area contributed by atoms with Gasteiger partial charge in [-0.1, -0.05) is 150 Å². The van der Waals surface area contributed by atoms with Crippen molar-refractivity contribution < 1.29 is 4.42 Å². The Kier molecular flexibility index (Phi) is 8.16. The predicted molar refractivity (Wildman–Crippen MR) is 246 cm³/mol. The second-order valence-electron chi connectivity index (χ2n) is 14.8. The molecular weight excluding hydrogens is 727 g/mol. The third-order valence-electron chi connectivity index (χ3n) is 11.3. The number of aromatic nitrogens is 1. The van der Waals surface area contributed by atoms with Crippen molar-refractivity contribution in [3.8, 4) is 11.3 Å². The lowest BCUT2D eigenvalue weighted by Crippen LogP contribution is -2.57. The Hall–Kier alpha value is -7.00. The third kappa shape index (κ3) is 5.94. The summed E-state index contributed by atoms with van der Waals surface area (Å²) in [6, 6.07) is 72.3. The van der Waals surface area contributed by atoms with Gasteiger partial charge in [0.2, 0.25) is 0 Å². The first kappa shape index (κ1) is 33.4. The van der Waals surface area contributed by atoms with Crippen LogP contribution in [0.25, 0.3) is 44.0 Å². The highest BCUT2D eigenvalue weighted by molar-refractivity contribution is 6.98. The van der Waals surface area contributed by atoms with E-state index in [-0.39, 0.29) is 0 Å². The Labute approximate surface area is 335 Å². The number of hydrogen-bond acceptors (Lipinski definition) is 4. The highest BCUT2D eigenvalue weighted by Gasteiger charge is 2.34. The Morgan fingerprint density at radius 3 is 1.95 bits per heavy atom. The van der Waals surface area contributed by atoms with Gasteiger partial charge in [-0.3, -0.25) is 4.90 Å². The van der Waals surface area contributed by atoms with Crippen molar-refractivity contribution in [2.45, 2.75) is 0 Å². The zero-order chi connectivity index (χ0) is 37.7. The average Bonchev–Trinajstić information content (AvgIpc) is 3.64. The van der Waals surface area contributed by atoms with Crippen molar-refractivity contribution in [2.75, 3.05) is 10.2 Å². The van der Waals surface area contributed by atoms with E-state index in [1.165, 1.54) is 37.3 Å². The van der Waals surface area contributed by atoms with Gasteiger partial charge < -0.3 is 9.73 Å². The smallest absolute Gasteiger partial charge is 0.146 e. The summed E-state index contributed by atoms with van der Waals surface area (Å²) in [5.41, 5.74) is 8.30. The second-order valence-corrected chi connectivity index (χ2v) is 19.5. The Morgan fingerprint density at radius 1 is 0.526 bits per heavy atom. The van der Waals surface area contributed by atoms with Crippen LogP contribution in [0.2, 0.25) is 0 Å². The summed E-state index contributed by atoms with van der Waals surface area (Å²) in [6.07, 6.45) is 0.